The minimum atomic E-state index is -0.732. The molecular formula is C12H16N2O2S2. The molecule has 1 aliphatic carbocycles. The summed E-state index contributed by atoms with van der Waals surface area (Å²) >= 11 is 3.61. The van der Waals surface area contributed by atoms with Crippen molar-refractivity contribution in [2.45, 2.75) is 37.6 Å². The molecule has 0 saturated carbocycles. The largest absolute Gasteiger partial charge is 0.481 e. The molecule has 0 radical (unpaired) electrons. The molecule has 98 valence electrons. The van der Waals surface area contributed by atoms with Crippen LogP contribution in [-0.4, -0.2) is 33.6 Å². The lowest BCUT2D eigenvalue weighted by molar-refractivity contribution is -0.139. The number of hydrogen-bond acceptors (Lipinski definition) is 5. The van der Waals surface area contributed by atoms with Crippen molar-refractivity contribution >= 4 is 34.2 Å². The van der Waals surface area contributed by atoms with Gasteiger partial charge in [-0.3, -0.25) is 4.79 Å². The fraction of sp³-hybridized carbons (Fsp3) is 0.667. The third-order valence-electron chi connectivity index (χ3n) is 3.51. The van der Waals surface area contributed by atoms with Gasteiger partial charge in [0, 0.05) is 16.7 Å². The number of thioether (sulfide) groups is 1. The smallest absolute Gasteiger partial charge is 0.312 e. The summed E-state index contributed by atoms with van der Waals surface area (Å²) in [6.07, 6.45) is 3.85. The predicted molar refractivity (Wildman–Crippen MR) is 74.8 cm³/mol. The second kappa shape index (κ2) is 5.09. The van der Waals surface area contributed by atoms with Crippen LogP contribution in [0.2, 0.25) is 0 Å². The Morgan fingerprint density at radius 1 is 1.44 bits per heavy atom. The number of aromatic nitrogens is 1. The Kier molecular flexibility index (Phi) is 3.48. The summed E-state index contributed by atoms with van der Waals surface area (Å²) in [6.45, 7) is 0. The zero-order chi connectivity index (χ0) is 12.5. The molecule has 1 aromatic heterocycles. The molecule has 1 fully saturated rings. The minimum absolute atomic E-state index is 0.390. The Morgan fingerprint density at radius 3 is 3.06 bits per heavy atom. The molecule has 0 spiro atoms. The zero-order valence-electron chi connectivity index (χ0n) is 10.0. The lowest BCUT2D eigenvalue weighted by atomic mass is 9.91. The number of anilines is 1. The standard InChI is InChI=1S/C12H16N2O2S2/c15-11(16)8-2-1-3-9-10(8)14-12(18-9)13-7-4-5-17-6-7/h7-8H,1-6H2,(H,13,14)(H,15,16). The Morgan fingerprint density at radius 2 is 2.33 bits per heavy atom. The first-order chi connectivity index (χ1) is 8.74. The number of aryl methyl sites for hydroxylation is 1. The Balaban J connectivity index is 1.79. The van der Waals surface area contributed by atoms with Crippen LogP contribution in [0.4, 0.5) is 5.13 Å². The van der Waals surface area contributed by atoms with Crippen LogP contribution in [0.5, 0.6) is 0 Å². The van der Waals surface area contributed by atoms with E-state index in [9.17, 15) is 9.90 Å². The topological polar surface area (TPSA) is 62.2 Å². The van der Waals surface area contributed by atoms with Crippen molar-refractivity contribution in [1.82, 2.24) is 4.98 Å². The number of nitrogens with one attached hydrogen (secondary N) is 1. The molecule has 0 bridgehead atoms. The monoisotopic (exact) mass is 284 g/mol. The van der Waals surface area contributed by atoms with Gasteiger partial charge in [-0.2, -0.15) is 11.8 Å². The van der Waals surface area contributed by atoms with E-state index in [2.05, 4.69) is 10.3 Å². The molecule has 0 amide bonds. The van der Waals surface area contributed by atoms with Gasteiger partial charge in [-0.15, -0.1) is 11.3 Å². The van der Waals surface area contributed by atoms with Crippen LogP contribution in [-0.2, 0) is 11.2 Å². The number of fused-ring (bicyclic) bond motifs is 1. The minimum Gasteiger partial charge on any atom is -0.481 e. The van der Waals surface area contributed by atoms with Crippen LogP contribution in [0.1, 0.15) is 35.8 Å². The summed E-state index contributed by atoms with van der Waals surface area (Å²) in [6, 6.07) is 0.505. The molecular weight excluding hydrogens is 268 g/mol. The third-order valence-corrected chi connectivity index (χ3v) is 5.73. The van der Waals surface area contributed by atoms with Gasteiger partial charge >= 0.3 is 5.97 Å². The first-order valence-electron chi connectivity index (χ1n) is 6.30. The number of carboxylic acids is 1. The first-order valence-corrected chi connectivity index (χ1v) is 8.28. The summed E-state index contributed by atoms with van der Waals surface area (Å²) < 4.78 is 0. The molecule has 3 rings (SSSR count). The summed E-state index contributed by atoms with van der Waals surface area (Å²) in [5.74, 6) is 1.22. The Bertz CT molecular complexity index is 455. The first kappa shape index (κ1) is 12.3. The van der Waals surface area contributed by atoms with Crippen LogP contribution in [0, 0.1) is 0 Å². The Labute approximate surface area is 114 Å². The maximum Gasteiger partial charge on any atom is 0.312 e. The highest BCUT2D eigenvalue weighted by Crippen LogP contribution is 2.37. The van der Waals surface area contributed by atoms with Crippen LogP contribution >= 0.6 is 23.1 Å². The average Bonchev–Trinajstić information content (AvgIpc) is 2.96. The fourth-order valence-corrected chi connectivity index (χ4v) is 4.84. The van der Waals surface area contributed by atoms with Crippen LogP contribution in [0.25, 0.3) is 0 Å². The van der Waals surface area contributed by atoms with Gasteiger partial charge in [-0.1, -0.05) is 0 Å². The Hall–Kier alpha value is -0.750. The number of nitrogens with zero attached hydrogens (tertiary/aromatic N) is 1. The van der Waals surface area contributed by atoms with Crippen LogP contribution in [0.3, 0.4) is 0 Å². The molecule has 2 heterocycles. The van der Waals surface area contributed by atoms with E-state index in [0.717, 1.165) is 35.8 Å². The van der Waals surface area contributed by atoms with Gasteiger partial charge in [0.05, 0.1) is 5.69 Å². The molecule has 2 N–H and O–H groups in total. The van der Waals surface area contributed by atoms with E-state index in [-0.39, 0.29) is 0 Å². The van der Waals surface area contributed by atoms with E-state index >= 15 is 0 Å². The molecule has 1 aliphatic heterocycles. The van der Waals surface area contributed by atoms with Crippen molar-refractivity contribution in [1.29, 1.82) is 0 Å². The lowest BCUT2D eigenvalue weighted by Gasteiger charge is -2.16. The highest BCUT2D eigenvalue weighted by atomic mass is 32.2. The number of hydrogen-bond donors (Lipinski definition) is 2. The van der Waals surface area contributed by atoms with Gasteiger partial charge in [0.15, 0.2) is 5.13 Å². The molecule has 18 heavy (non-hydrogen) atoms. The number of aliphatic carboxylic acids is 1. The summed E-state index contributed by atoms with van der Waals surface area (Å²) in [4.78, 5) is 16.9. The molecule has 0 aromatic carbocycles. The second-order valence-corrected chi connectivity index (χ2v) is 7.05. The third kappa shape index (κ3) is 2.36. The van der Waals surface area contributed by atoms with E-state index < -0.39 is 11.9 Å². The van der Waals surface area contributed by atoms with Crippen molar-refractivity contribution in [3.63, 3.8) is 0 Å². The van der Waals surface area contributed by atoms with Crippen molar-refractivity contribution in [3.8, 4) is 0 Å². The average molecular weight is 284 g/mol. The molecule has 4 nitrogen and oxygen atoms in total. The SMILES string of the molecule is O=C(O)C1CCCc2sc(NC3CCSC3)nc21. The van der Waals surface area contributed by atoms with Crippen LogP contribution < -0.4 is 5.32 Å². The molecule has 2 atom stereocenters. The highest BCUT2D eigenvalue weighted by Gasteiger charge is 2.30. The van der Waals surface area contributed by atoms with Crippen molar-refractivity contribution in [2.24, 2.45) is 0 Å². The van der Waals surface area contributed by atoms with Crippen LogP contribution in [0.15, 0.2) is 0 Å². The fourth-order valence-electron chi connectivity index (χ4n) is 2.54. The number of thiazole rings is 1. The normalized spacial score (nSPS) is 26.9. The van der Waals surface area contributed by atoms with E-state index in [1.165, 1.54) is 17.1 Å². The summed E-state index contributed by atoms with van der Waals surface area (Å²) in [5.41, 5.74) is 0.812. The zero-order valence-corrected chi connectivity index (χ0v) is 11.6. The van der Waals surface area contributed by atoms with Gasteiger partial charge in [-0.05, 0) is 31.4 Å². The quantitative estimate of drug-likeness (QED) is 0.893. The van der Waals surface area contributed by atoms with Crippen molar-refractivity contribution in [3.05, 3.63) is 10.6 Å². The van der Waals surface area contributed by atoms with Gasteiger partial charge in [0.25, 0.3) is 0 Å². The molecule has 2 unspecified atom stereocenters. The van der Waals surface area contributed by atoms with Gasteiger partial charge < -0.3 is 10.4 Å². The van der Waals surface area contributed by atoms with E-state index in [1.54, 1.807) is 11.3 Å². The molecule has 2 aliphatic rings. The lowest BCUT2D eigenvalue weighted by Crippen LogP contribution is -2.19. The second-order valence-electron chi connectivity index (χ2n) is 4.82. The van der Waals surface area contributed by atoms with E-state index in [4.69, 9.17) is 0 Å². The highest BCUT2D eigenvalue weighted by molar-refractivity contribution is 7.99. The maximum absolute atomic E-state index is 11.2. The molecule has 1 saturated heterocycles. The number of carboxylic acid groups (broad SMARTS) is 1. The van der Waals surface area contributed by atoms with Crippen molar-refractivity contribution < 1.29 is 9.90 Å². The number of carbonyl (C=O) groups is 1. The summed E-state index contributed by atoms with van der Waals surface area (Å²) in [7, 11) is 0. The summed E-state index contributed by atoms with van der Waals surface area (Å²) in [5, 5.41) is 13.6. The molecule has 6 heteroatoms. The van der Waals surface area contributed by atoms with E-state index in [1.807, 2.05) is 11.8 Å². The van der Waals surface area contributed by atoms with Gasteiger partial charge in [0.2, 0.25) is 0 Å². The van der Waals surface area contributed by atoms with Gasteiger partial charge in [-0.25, -0.2) is 4.98 Å². The van der Waals surface area contributed by atoms with Crippen molar-refractivity contribution in [2.75, 3.05) is 16.8 Å². The maximum atomic E-state index is 11.2. The van der Waals surface area contributed by atoms with Gasteiger partial charge in [0.1, 0.15) is 5.92 Å². The molecule has 1 aromatic rings. The van der Waals surface area contributed by atoms with E-state index in [0.29, 0.717) is 6.04 Å². The predicted octanol–water partition coefficient (Wildman–Crippen LogP) is 2.57. The number of rotatable bonds is 3.